The Kier molecular flexibility index (Phi) is 4.32. The monoisotopic (exact) mass is 339 g/mol. The summed E-state index contributed by atoms with van der Waals surface area (Å²) in [5.74, 6) is 0.790. The molecule has 2 heterocycles. The number of ether oxygens (including phenoxy) is 3. The van der Waals surface area contributed by atoms with Crippen LogP contribution < -0.4 is 4.74 Å². The van der Waals surface area contributed by atoms with Crippen LogP contribution in [0.2, 0.25) is 0 Å². The number of hydrogen-bond donors (Lipinski definition) is 0. The van der Waals surface area contributed by atoms with Crippen molar-refractivity contribution in [3.63, 3.8) is 0 Å². The van der Waals surface area contributed by atoms with Gasteiger partial charge in [0.05, 0.1) is 32.4 Å². The first-order chi connectivity index (χ1) is 12.3. The molecule has 4 rings (SSSR count). The molecule has 2 aromatic rings. The van der Waals surface area contributed by atoms with E-state index in [0.29, 0.717) is 19.8 Å². The van der Waals surface area contributed by atoms with E-state index in [4.69, 9.17) is 14.2 Å². The minimum atomic E-state index is -0.258. The molecule has 2 atom stereocenters. The fourth-order valence-corrected chi connectivity index (χ4v) is 3.64. The van der Waals surface area contributed by atoms with Gasteiger partial charge in [-0.2, -0.15) is 0 Å². The molecule has 0 aliphatic carbocycles. The summed E-state index contributed by atoms with van der Waals surface area (Å²) in [7, 11) is 1.65. The minimum Gasteiger partial charge on any atom is -0.497 e. The summed E-state index contributed by atoms with van der Waals surface area (Å²) < 4.78 is 16.6. The molecule has 1 saturated heterocycles. The SMILES string of the molecule is COc1ccc2c(c1)[C@@H](COCc1ccccc1)N1C(=O)OC[C@@H]1C2. The first-order valence-electron chi connectivity index (χ1n) is 8.50. The highest BCUT2D eigenvalue weighted by molar-refractivity contribution is 5.72. The average molecular weight is 339 g/mol. The Bertz CT molecular complexity index is 762. The number of methoxy groups -OCH3 is 1. The fourth-order valence-electron chi connectivity index (χ4n) is 3.64. The number of amides is 1. The van der Waals surface area contributed by atoms with Gasteiger partial charge in [0.1, 0.15) is 12.4 Å². The largest absolute Gasteiger partial charge is 0.497 e. The van der Waals surface area contributed by atoms with Gasteiger partial charge in [0.25, 0.3) is 0 Å². The maximum absolute atomic E-state index is 12.2. The highest BCUT2D eigenvalue weighted by Crippen LogP contribution is 2.38. The summed E-state index contributed by atoms with van der Waals surface area (Å²) in [6.07, 6.45) is 0.548. The average Bonchev–Trinajstić information content (AvgIpc) is 3.02. The molecule has 0 N–H and O–H groups in total. The summed E-state index contributed by atoms with van der Waals surface area (Å²) in [6, 6.07) is 16.0. The lowest BCUT2D eigenvalue weighted by Crippen LogP contribution is -2.44. The van der Waals surface area contributed by atoms with Crippen LogP contribution in [0.4, 0.5) is 4.79 Å². The van der Waals surface area contributed by atoms with E-state index < -0.39 is 0 Å². The zero-order chi connectivity index (χ0) is 17.2. The van der Waals surface area contributed by atoms with E-state index >= 15 is 0 Å². The Morgan fingerprint density at radius 1 is 1.20 bits per heavy atom. The molecule has 2 aliphatic heterocycles. The van der Waals surface area contributed by atoms with Crippen LogP contribution >= 0.6 is 0 Å². The van der Waals surface area contributed by atoms with Crippen molar-refractivity contribution in [3.05, 3.63) is 65.2 Å². The van der Waals surface area contributed by atoms with Crippen LogP contribution in [-0.4, -0.2) is 37.4 Å². The van der Waals surface area contributed by atoms with Crippen LogP contribution in [-0.2, 0) is 22.5 Å². The van der Waals surface area contributed by atoms with Gasteiger partial charge in [-0.15, -0.1) is 0 Å². The Morgan fingerprint density at radius 3 is 2.84 bits per heavy atom. The predicted molar refractivity (Wildman–Crippen MR) is 92.5 cm³/mol. The van der Waals surface area contributed by atoms with Crippen molar-refractivity contribution in [1.29, 1.82) is 0 Å². The zero-order valence-corrected chi connectivity index (χ0v) is 14.2. The lowest BCUT2D eigenvalue weighted by Gasteiger charge is -2.37. The first kappa shape index (κ1) is 16.0. The van der Waals surface area contributed by atoms with E-state index in [9.17, 15) is 4.79 Å². The third-order valence-electron chi connectivity index (χ3n) is 4.89. The number of carbonyl (C=O) groups is 1. The number of benzene rings is 2. The topological polar surface area (TPSA) is 48.0 Å². The summed E-state index contributed by atoms with van der Waals surface area (Å²) in [6.45, 7) is 1.39. The number of carbonyl (C=O) groups excluding carboxylic acids is 1. The van der Waals surface area contributed by atoms with Crippen LogP contribution in [0.1, 0.15) is 22.7 Å². The summed E-state index contributed by atoms with van der Waals surface area (Å²) in [5, 5.41) is 0. The zero-order valence-electron chi connectivity index (χ0n) is 14.2. The molecule has 25 heavy (non-hydrogen) atoms. The molecule has 130 valence electrons. The predicted octanol–water partition coefficient (Wildman–Crippen LogP) is 3.33. The van der Waals surface area contributed by atoms with Gasteiger partial charge in [0, 0.05) is 0 Å². The van der Waals surface area contributed by atoms with E-state index in [1.54, 1.807) is 7.11 Å². The van der Waals surface area contributed by atoms with Gasteiger partial charge < -0.3 is 14.2 Å². The van der Waals surface area contributed by atoms with Crippen LogP contribution in [0.3, 0.4) is 0 Å². The maximum atomic E-state index is 12.2. The molecule has 0 unspecified atom stereocenters. The van der Waals surface area contributed by atoms with E-state index in [2.05, 4.69) is 6.07 Å². The van der Waals surface area contributed by atoms with Gasteiger partial charge >= 0.3 is 6.09 Å². The molecule has 0 saturated carbocycles. The van der Waals surface area contributed by atoms with Crippen molar-refractivity contribution < 1.29 is 19.0 Å². The van der Waals surface area contributed by atoms with Crippen molar-refractivity contribution in [2.45, 2.75) is 25.1 Å². The summed E-state index contributed by atoms with van der Waals surface area (Å²) in [4.78, 5) is 14.1. The summed E-state index contributed by atoms with van der Waals surface area (Å²) in [5.41, 5.74) is 3.43. The number of hydrogen-bond acceptors (Lipinski definition) is 4. The van der Waals surface area contributed by atoms with Crippen molar-refractivity contribution >= 4 is 6.09 Å². The highest BCUT2D eigenvalue weighted by atomic mass is 16.6. The van der Waals surface area contributed by atoms with Crippen molar-refractivity contribution in [1.82, 2.24) is 4.90 Å². The van der Waals surface area contributed by atoms with Crippen LogP contribution in [0.5, 0.6) is 5.75 Å². The van der Waals surface area contributed by atoms with Crippen LogP contribution in [0.25, 0.3) is 0 Å². The second-order valence-electron chi connectivity index (χ2n) is 6.42. The molecule has 5 heteroatoms. The second-order valence-corrected chi connectivity index (χ2v) is 6.42. The van der Waals surface area contributed by atoms with Gasteiger partial charge in [0.2, 0.25) is 0 Å². The molecule has 0 aromatic heterocycles. The quantitative estimate of drug-likeness (QED) is 0.838. The molecule has 0 bridgehead atoms. The molecule has 1 fully saturated rings. The lowest BCUT2D eigenvalue weighted by molar-refractivity contribution is 0.0504. The molecule has 2 aliphatic rings. The third-order valence-corrected chi connectivity index (χ3v) is 4.89. The molecule has 0 radical (unpaired) electrons. The minimum absolute atomic E-state index is 0.0821. The number of fused-ring (bicyclic) bond motifs is 2. The highest BCUT2D eigenvalue weighted by Gasteiger charge is 2.43. The van der Waals surface area contributed by atoms with E-state index in [0.717, 1.165) is 23.3 Å². The van der Waals surface area contributed by atoms with Gasteiger partial charge in [-0.3, -0.25) is 4.90 Å². The number of cyclic esters (lactones) is 1. The standard InChI is InChI=1S/C20H21NO4/c1-23-17-8-7-15-9-16-12-25-20(22)21(16)19(18(15)10-17)13-24-11-14-5-3-2-4-6-14/h2-8,10,16,19H,9,11-13H2,1H3/t16-,19+/m0/s1. The Morgan fingerprint density at radius 2 is 2.04 bits per heavy atom. The Labute approximate surface area is 147 Å². The van der Waals surface area contributed by atoms with Crippen molar-refractivity contribution in [3.8, 4) is 5.75 Å². The van der Waals surface area contributed by atoms with E-state index in [1.807, 2.05) is 47.4 Å². The first-order valence-corrected chi connectivity index (χ1v) is 8.50. The van der Waals surface area contributed by atoms with E-state index in [-0.39, 0.29) is 18.2 Å². The van der Waals surface area contributed by atoms with Gasteiger partial charge in [-0.1, -0.05) is 36.4 Å². The molecular weight excluding hydrogens is 318 g/mol. The van der Waals surface area contributed by atoms with Crippen LogP contribution in [0.15, 0.2) is 48.5 Å². The number of rotatable bonds is 5. The van der Waals surface area contributed by atoms with Gasteiger partial charge in [-0.05, 0) is 35.2 Å². The lowest BCUT2D eigenvalue weighted by atomic mass is 9.89. The van der Waals surface area contributed by atoms with Gasteiger partial charge in [0.15, 0.2) is 0 Å². The molecule has 2 aromatic carbocycles. The number of nitrogens with zero attached hydrogens (tertiary/aromatic N) is 1. The van der Waals surface area contributed by atoms with Gasteiger partial charge in [-0.25, -0.2) is 4.79 Å². The third kappa shape index (κ3) is 3.07. The normalized spacial score (nSPS) is 21.5. The van der Waals surface area contributed by atoms with Crippen molar-refractivity contribution in [2.24, 2.45) is 0 Å². The summed E-state index contributed by atoms with van der Waals surface area (Å²) >= 11 is 0. The van der Waals surface area contributed by atoms with Crippen LogP contribution in [0, 0.1) is 0 Å². The smallest absolute Gasteiger partial charge is 0.410 e. The Hall–Kier alpha value is -2.53. The molecular formula is C20H21NO4. The maximum Gasteiger partial charge on any atom is 0.410 e. The molecule has 0 spiro atoms. The Balaban J connectivity index is 1.57. The van der Waals surface area contributed by atoms with E-state index in [1.165, 1.54) is 5.56 Å². The second kappa shape index (κ2) is 6.76. The van der Waals surface area contributed by atoms with Crippen molar-refractivity contribution in [2.75, 3.05) is 20.3 Å². The molecule has 1 amide bonds. The molecule has 5 nitrogen and oxygen atoms in total. The fraction of sp³-hybridized carbons (Fsp3) is 0.350.